The minimum atomic E-state index is -3.46. The molecule has 4 N–H and O–H groups in total. The number of nitrogens with two attached hydrogens (primary N) is 1. The fourth-order valence-electron chi connectivity index (χ4n) is 1.50. The van der Waals surface area contributed by atoms with Gasteiger partial charge in [-0.25, -0.2) is 13.1 Å². The van der Waals surface area contributed by atoms with E-state index >= 15 is 0 Å². The molecule has 0 unspecified atom stereocenters. The van der Waals surface area contributed by atoms with Gasteiger partial charge in [0.1, 0.15) is 0 Å². The summed E-state index contributed by atoms with van der Waals surface area (Å²) in [6, 6.07) is 4.60. The fourth-order valence-corrected chi connectivity index (χ4v) is 2.80. The van der Waals surface area contributed by atoms with Crippen molar-refractivity contribution < 1.29 is 8.42 Å². The molecule has 0 atom stereocenters. The normalized spacial score (nSPS) is 11.4. The lowest BCUT2D eigenvalue weighted by molar-refractivity contribution is 0.588. The van der Waals surface area contributed by atoms with Gasteiger partial charge in [-0.15, -0.1) is 11.3 Å². The van der Waals surface area contributed by atoms with E-state index in [0.29, 0.717) is 17.9 Å². The van der Waals surface area contributed by atoms with Gasteiger partial charge < -0.3 is 11.1 Å². The van der Waals surface area contributed by atoms with Gasteiger partial charge in [0.2, 0.25) is 10.0 Å². The molecule has 0 aliphatic rings. The summed E-state index contributed by atoms with van der Waals surface area (Å²) in [7, 11) is -2.10. The summed E-state index contributed by atoms with van der Waals surface area (Å²) in [5, 5.41) is 3.14. The second-order valence-electron chi connectivity index (χ2n) is 3.78. The van der Waals surface area contributed by atoms with Gasteiger partial charge in [0.05, 0.1) is 28.3 Å². The van der Waals surface area contributed by atoms with E-state index in [9.17, 15) is 8.42 Å². The van der Waals surface area contributed by atoms with Gasteiger partial charge in [0.25, 0.3) is 0 Å². The summed E-state index contributed by atoms with van der Waals surface area (Å²) in [6.07, 6.45) is 1.77. The van der Waals surface area contributed by atoms with Crippen LogP contribution < -0.4 is 15.8 Å². The number of thiazole rings is 1. The average molecular weight is 298 g/mol. The molecule has 0 radical (unpaired) electrons. The Morgan fingerprint density at radius 1 is 1.42 bits per heavy atom. The van der Waals surface area contributed by atoms with Crippen LogP contribution in [0.3, 0.4) is 0 Å². The molecule has 0 saturated heterocycles. The summed E-state index contributed by atoms with van der Waals surface area (Å²) >= 11 is 1.54. The van der Waals surface area contributed by atoms with Gasteiger partial charge in [-0.1, -0.05) is 0 Å². The minimum absolute atomic E-state index is 0.149. The highest BCUT2D eigenvalue weighted by atomic mass is 32.2. The molecule has 8 heteroatoms. The third kappa shape index (κ3) is 3.22. The molecule has 0 bridgehead atoms. The summed E-state index contributed by atoms with van der Waals surface area (Å²) in [4.78, 5) is 5.20. The smallest absolute Gasteiger partial charge is 0.240 e. The number of rotatable bonds is 5. The van der Waals surface area contributed by atoms with Crippen LogP contribution in [0.5, 0.6) is 0 Å². The second-order valence-corrected chi connectivity index (χ2v) is 6.64. The number of nitrogens with zero attached hydrogens (tertiary/aromatic N) is 1. The molecule has 0 fully saturated rings. The van der Waals surface area contributed by atoms with Crippen LogP contribution in [0.2, 0.25) is 0 Å². The van der Waals surface area contributed by atoms with Crippen molar-refractivity contribution >= 4 is 32.7 Å². The number of hydrogen-bond acceptors (Lipinski definition) is 6. The molecular weight excluding hydrogens is 284 g/mol. The number of anilines is 2. The first-order valence-electron chi connectivity index (χ1n) is 5.47. The summed E-state index contributed by atoms with van der Waals surface area (Å²) in [5.74, 6) is 0. The zero-order chi connectivity index (χ0) is 13.9. The van der Waals surface area contributed by atoms with Crippen molar-refractivity contribution in [2.75, 3.05) is 18.1 Å². The van der Waals surface area contributed by atoms with Crippen LogP contribution in [-0.4, -0.2) is 20.4 Å². The highest BCUT2D eigenvalue weighted by Gasteiger charge is 2.12. The number of hydrogen-bond donors (Lipinski definition) is 3. The first-order chi connectivity index (χ1) is 9.03. The topological polar surface area (TPSA) is 97.1 Å². The summed E-state index contributed by atoms with van der Waals surface area (Å²) in [6.45, 7) is 0.604. The van der Waals surface area contributed by atoms with Gasteiger partial charge in [0.15, 0.2) is 0 Å². The van der Waals surface area contributed by atoms with E-state index < -0.39 is 10.0 Å². The maximum absolute atomic E-state index is 11.6. The number of sulfonamides is 1. The molecule has 6 nitrogen and oxygen atoms in total. The quantitative estimate of drug-likeness (QED) is 0.722. The Bertz CT molecular complexity index is 653. The van der Waals surface area contributed by atoms with Crippen LogP contribution in [0, 0.1) is 0 Å². The van der Waals surface area contributed by atoms with E-state index in [1.54, 1.807) is 17.8 Å². The van der Waals surface area contributed by atoms with E-state index in [4.69, 9.17) is 5.73 Å². The Hall–Kier alpha value is -1.64. The molecule has 1 heterocycles. The SMILES string of the molecule is CNS(=O)(=O)c1ccc(NCc2cncs2)c(N)c1. The van der Waals surface area contributed by atoms with Gasteiger partial charge in [-0.05, 0) is 25.2 Å². The van der Waals surface area contributed by atoms with Crippen molar-refractivity contribution in [3.8, 4) is 0 Å². The average Bonchev–Trinajstić information content (AvgIpc) is 2.90. The first kappa shape index (κ1) is 13.8. The van der Waals surface area contributed by atoms with Crippen LogP contribution in [0.15, 0.2) is 34.8 Å². The Morgan fingerprint density at radius 3 is 2.79 bits per heavy atom. The molecule has 0 aliphatic heterocycles. The Morgan fingerprint density at radius 2 is 2.21 bits per heavy atom. The molecule has 2 aromatic rings. The number of aromatic nitrogens is 1. The standard InChI is InChI=1S/C11H14N4O2S2/c1-13-19(16,17)9-2-3-11(10(12)4-9)15-6-8-5-14-7-18-8/h2-5,7,13,15H,6,12H2,1H3. The number of nitrogen functional groups attached to an aromatic ring is 1. The maximum atomic E-state index is 11.6. The van der Waals surface area contributed by atoms with Gasteiger partial charge in [0, 0.05) is 11.1 Å². The lowest BCUT2D eigenvalue weighted by Crippen LogP contribution is -2.18. The monoisotopic (exact) mass is 298 g/mol. The summed E-state index contributed by atoms with van der Waals surface area (Å²) < 4.78 is 25.5. The van der Waals surface area contributed by atoms with Crippen molar-refractivity contribution in [2.24, 2.45) is 0 Å². The predicted molar refractivity (Wildman–Crippen MR) is 76.5 cm³/mol. The molecule has 102 valence electrons. The third-order valence-electron chi connectivity index (χ3n) is 2.54. The fraction of sp³-hybridized carbons (Fsp3) is 0.182. The van der Waals surface area contributed by atoms with Crippen LogP contribution in [0.4, 0.5) is 11.4 Å². The van der Waals surface area contributed by atoms with Crippen LogP contribution in [0.25, 0.3) is 0 Å². The maximum Gasteiger partial charge on any atom is 0.240 e. The molecule has 0 saturated carbocycles. The highest BCUT2D eigenvalue weighted by Crippen LogP contribution is 2.23. The third-order valence-corrected chi connectivity index (χ3v) is 4.73. The van der Waals surface area contributed by atoms with E-state index in [1.807, 2.05) is 0 Å². The molecular formula is C11H14N4O2S2. The van der Waals surface area contributed by atoms with Crippen LogP contribution in [-0.2, 0) is 16.6 Å². The Labute approximate surface area is 115 Å². The number of nitrogens with one attached hydrogen (secondary N) is 2. The minimum Gasteiger partial charge on any atom is -0.397 e. The molecule has 2 rings (SSSR count). The molecule has 19 heavy (non-hydrogen) atoms. The lowest BCUT2D eigenvalue weighted by Gasteiger charge is -2.10. The molecule has 1 aromatic heterocycles. The number of benzene rings is 1. The van der Waals surface area contributed by atoms with Gasteiger partial charge in [-0.3, -0.25) is 4.98 Å². The molecule has 0 aliphatic carbocycles. The zero-order valence-electron chi connectivity index (χ0n) is 10.3. The van der Waals surface area contributed by atoms with Crippen LogP contribution >= 0.6 is 11.3 Å². The van der Waals surface area contributed by atoms with Crippen molar-refractivity contribution in [1.29, 1.82) is 0 Å². The first-order valence-corrected chi connectivity index (χ1v) is 7.83. The largest absolute Gasteiger partial charge is 0.397 e. The van der Waals surface area contributed by atoms with Crippen LogP contribution in [0.1, 0.15) is 4.88 Å². The van der Waals surface area contributed by atoms with Crippen molar-refractivity contribution in [3.05, 3.63) is 34.8 Å². The van der Waals surface area contributed by atoms with Crippen molar-refractivity contribution in [2.45, 2.75) is 11.4 Å². The predicted octanol–water partition coefficient (Wildman–Crippen LogP) is 1.25. The Balaban J connectivity index is 2.16. The van der Waals surface area contributed by atoms with E-state index in [2.05, 4.69) is 15.0 Å². The summed E-state index contributed by atoms with van der Waals surface area (Å²) in [5.41, 5.74) is 8.69. The second kappa shape index (κ2) is 5.55. The molecule has 1 aromatic carbocycles. The zero-order valence-corrected chi connectivity index (χ0v) is 11.9. The molecule has 0 spiro atoms. The van der Waals surface area contributed by atoms with Gasteiger partial charge >= 0.3 is 0 Å². The van der Waals surface area contributed by atoms with Gasteiger partial charge in [-0.2, -0.15) is 0 Å². The van der Waals surface area contributed by atoms with Crippen molar-refractivity contribution in [1.82, 2.24) is 9.71 Å². The Kier molecular flexibility index (Phi) is 4.03. The van der Waals surface area contributed by atoms with E-state index in [0.717, 1.165) is 4.88 Å². The van der Waals surface area contributed by atoms with E-state index in [1.165, 1.54) is 30.5 Å². The van der Waals surface area contributed by atoms with E-state index in [-0.39, 0.29) is 4.90 Å². The lowest BCUT2D eigenvalue weighted by atomic mass is 10.2. The molecule has 0 amide bonds. The van der Waals surface area contributed by atoms with Crippen molar-refractivity contribution in [3.63, 3.8) is 0 Å². The highest BCUT2D eigenvalue weighted by molar-refractivity contribution is 7.89.